The molecule has 11 heteroatoms. The largest absolute Gasteiger partial charge is 0.494 e. The van der Waals surface area contributed by atoms with Crippen molar-refractivity contribution in [1.29, 1.82) is 5.26 Å². The highest BCUT2D eigenvalue weighted by molar-refractivity contribution is 5.91. The molecule has 2 fully saturated rings. The number of alkyl halides is 2. The van der Waals surface area contributed by atoms with Gasteiger partial charge < -0.3 is 25.6 Å². The van der Waals surface area contributed by atoms with Crippen LogP contribution < -0.4 is 15.8 Å². The van der Waals surface area contributed by atoms with Crippen LogP contribution in [-0.2, 0) is 16.0 Å². The van der Waals surface area contributed by atoms with Crippen molar-refractivity contribution in [2.24, 2.45) is 5.73 Å². The molecule has 2 aromatic carbocycles. The fourth-order valence-electron chi connectivity index (χ4n) is 5.16. The number of rotatable bonds is 8. The van der Waals surface area contributed by atoms with Gasteiger partial charge in [0.05, 0.1) is 31.2 Å². The fourth-order valence-corrected chi connectivity index (χ4v) is 5.16. The molecule has 3 N–H and O–H groups in total. The predicted molar refractivity (Wildman–Crippen MR) is 174 cm³/mol. The number of aromatic nitrogens is 1. The van der Waals surface area contributed by atoms with Crippen LogP contribution in [0.15, 0.2) is 54.7 Å². The van der Waals surface area contributed by atoms with E-state index in [2.05, 4.69) is 20.9 Å². The maximum atomic E-state index is 13.8. The topological polar surface area (TPSA) is 125 Å². The van der Waals surface area contributed by atoms with Crippen LogP contribution in [0, 0.1) is 11.3 Å². The van der Waals surface area contributed by atoms with Crippen molar-refractivity contribution < 1.29 is 23.1 Å². The van der Waals surface area contributed by atoms with Crippen molar-refractivity contribution in [2.45, 2.75) is 58.9 Å². The van der Waals surface area contributed by atoms with Gasteiger partial charge in [0.15, 0.2) is 0 Å². The van der Waals surface area contributed by atoms with Crippen LogP contribution in [0.2, 0.25) is 0 Å². The third-order valence-electron chi connectivity index (χ3n) is 7.20. The number of amides is 2. The first kappa shape index (κ1) is 37.0. The summed E-state index contributed by atoms with van der Waals surface area (Å²) in [7, 11) is 0. The molecule has 244 valence electrons. The average molecular weight is 625 g/mol. The molecule has 0 aliphatic carbocycles. The first-order valence-electron chi connectivity index (χ1n) is 15.6. The van der Waals surface area contributed by atoms with E-state index in [9.17, 15) is 18.8 Å². The number of hydrogen-bond acceptors (Lipinski definition) is 7. The third-order valence-corrected chi connectivity index (χ3v) is 7.20. The summed E-state index contributed by atoms with van der Waals surface area (Å²) in [5, 5.41) is 13.4. The molecule has 5 rings (SSSR count). The molecule has 2 aliphatic heterocycles. The summed E-state index contributed by atoms with van der Waals surface area (Å²) in [5.74, 6) is -2.68. The molecule has 2 amide bonds. The van der Waals surface area contributed by atoms with E-state index in [0.717, 1.165) is 66.3 Å². The number of fused-ring (bicyclic) bond motifs is 1. The molecule has 3 heterocycles. The van der Waals surface area contributed by atoms with Gasteiger partial charge in [-0.2, -0.15) is 5.26 Å². The van der Waals surface area contributed by atoms with Crippen molar-refractivity contribution in [3.05, 3.63) is 60.3 Å². The molecule has 2 saturated heterocycles. The fraction of sp³-hybridized carbons (Fsp3) is 0.471. The number of pyridine rings is 1. The summed E-state index contributed by atoms with van der Waals surface area (Å²) in [6.07, 6.45) is 2.18. The molecule has 1 atom stereocenters. The van der Waals surface area contributed by atoms with Crippen molar-refractivity contribution in [3.8, 4) is 22.9 Å². The van der Waals surface area contributed by atoms with Crippen LogP contribution in [-0.4, -0.2) is 84.9 Å². The second-order valence-corrected chi connectivity index (χ2v) is 10.1. The number of primary amides is 1. The Morgan fingerprint density at radius 3 is 2.40 bits per heavy atom. The molecule has 1 unspecified atom stereocenters. The minimum atomic E-state index is -3.03. The van der Waals surface area contributed by atoms with Crippen molar-refractivity contribution in [3.63, 3.8) is 0 Å². The van der Waals surface area contributed by atoms with E-state index in [-0.39, 0.29) is 12.8 Å². The summed E-state index contributed by atoms with van der Waals surface area (Å²) in [6.45, 7) is 13.3. The first-order valence-corrected chi connectivity index (χ1v) is 15.6. The molecule has 0 radical (unpaired) electrons. The highest BCUT2D eigenvalue weighted by Crippen LogP contribution is 2.33. The zero-order valence-electron chi connectivity index (χ0n) is 26.8. The van der Waals surface area contributed by atoms with Gasteiger partial charge in [-0.3, -0.25) is 14.6 Å². The van der Waals surface area contributed by atoms with Crippen LogP contribution in [0.1, 0.15) is 46.1 Å². The monoisotopic (exact) mass is 624 g/mol. The molecule has 0 saturated carbocycles. The number of nitrogens with zero attached hydrogens (tertiary/aromatic N) is 4. The highest BCUT2D eigenvalue weighted by Gasteiger charge is 2.47. The zero-order chi connectivity index (χ0) is 33.2. The molecule has 1 aromatic heterocycles. The van der Waals surface area contributed by atoms with Gasteiger partial charge in [0.25, 0.3) is 5.92 Å². The number of halogens is 2. The Hall–Kier alpha value is -4.14. The van der Waals surface area contributed by atoms with Gasteiger partial charge in [0, 0.05) is 50.7 Å². The number of likely N-dealkylation sites (tertiary alicyclic amines) is 1. The lowest BCUT2D eigenvalue weighted by Crippen LogP contribution is -2.43. The van der Waals surface area contributed by atoms with Crippen LogP contribution in [0.4, 0.5) is 8.78 Å². The molecule has 2 aliphatic rings. The van der Waals surface area contributed by atoms with Gasteiger partial charge in [-0.05, 0) is 47.4 Å². The molecule has 0 bridgehead atoms. The van der Waals surface area contributed by atoms with Crippen LogP contribution >= 0.6 is 0 Å². The molecular formula is C34H46F2N6O3. The predicted octanol–water partition coefficient (Wildman–Crippen LogP) is 5.03. The first-order chi connectivity index (χ1) is 21.8. The number of carbonyl (C=O) groups is 2. The number of carbonyl (C=O) groups excluding carboxylic acids is 2. The average Bonchev–Trinajstić information content (AvgIpc) is 3.40. The van der Waals surface area contributed by atoms with Crippen LogP contribution in [0.25, 0.3) is 22.0 Å². The van der Waals surface area contributed by atoms with Crippen molar-refractivity contribution in [1.82, 2.24) is 20.1 Å². The lowest BCUT2D eigenvalue weighted by Gasteiger charge is -2.26. The van der Waals surface area contributed by atoms with E-state index in [1.165, 1.54) is 0 Å². The normalized spacial score (nSPS) is 16.9. The summed E-state index contributed by atoms with van der Waals surface area (Å²) in [5.41, 5.74) is 7.56. The maximum absolute atomic E-state index is 13.8. The lowest BCUT2D eigenvalue weighted by molar-refractivity contribution is -0.131. The lowest BCUT2D eigenvalue weighted by atomic mass is 10.00. The Labute approximate surface area is 265 Å². The Morgan fingerprint density at radius 1 is 1.11 bits per heavy atom. The molecule has 3 aromatic rings. The van der Waals surface area contributed by atoms with Crippen molar-refractivity contribution in [2.75, 3.05) is 45.9 Å². The smallest absolute Gasteiger partial charge is 0.268 e. The Bertz CT molecular complexity index is 1370. The van der Waals surface area contributed by atoms with E-state index in [4.69, 9.17) is 9.53 Å². The number of benzene rings is 2. The van der Waals surface area contributed by atoms with Crippen LogP contribution in [0.5, 0.6) is 5.75 Å². The number of hydrogen-bond donors (Lipinski definition) is 2. The SMILES string of the molecule is CC.CC.N#CC1CC(F)(F)CN1C(=O)Cc1ccnc2cc(-c3ccc(OCCCN4CCNCC4)cc3)ccc12.NC=O. The van der Waals surface area contributed by atoms with E-state index in [1.54, 1.807) is 12.3 Å². The number of nitrogens with one attached hydrogen (secondary N) is 1. The van der Waals surface area contributed by atoms with Crippen molar-refractivity contribution >= 4 is 23.2 Å². The van der Waals surface area contributed by atoms with Gasteiger partial charge in [0.1, 0.15) is 11.8 Å². The third kappa shape index (κ3) is 11.1. The number of ether oxygens (including phenoxy) is 1. The van der Waals surface area contributed by atoms with E-state index in [0.29, 0.717) is 17.7 Å². The summed E-state index contributed by atoms with van der Waals surface area (Å²) < 4.78 is 33.5. The summed E-state index contributed by atoms with van der Waals surface area (Å²) in [6, 6.07) is 16.2. The standard InChI is InChI=1S/C29H31F2N5O2.2C2H6.CH3NO/c30-29(31)18-24(19-32)36(20-29)28(37)17-23-8-9-34-27-16-22(4-7-26(23)27)21-2-5-25(6-3-21)38-15-1-12-35-13-10-33-11-14-35;2*1-2;2-1-3/h2-9,16,24,33H,1,10-15,17-18,20H2;2*1-2H3;1H,(H2,2,3). The maximum Gasteiger partial charge on any atom is 0.268 e. The van der Waals surface area contributed by atoms with Gasteiger partial charge in [-0.25, -0.2) is 8.78 Å². The van der Waals surface area contributed by atoms with Gasteiger partial charge in [-0.15, -0.1) is 0 Å². The summed E-state index contributed by atoms with van der Waals surface area (Å²) >= 11 is 0. The molecule has 9 nitrogen and oxygen atoms in total. The highest BCUT2D eigenvalue weighted by atomic mass is 19.3. The van der Waals surface area contributed by atoms with Gasteiger partial charge >= 0.3 is 0 Å². The molecule has 0 spiro atoms. The van der Waals surface area contributed by atoms with E-state index < -0.39 is 30.8 Å². The minimum Gasteiger partial charge on any atom is -0.494 e. The number of nitrogens with two attached hydrogens (primary N) is 1. The Morgan fingerprint density at radius 2 is 1.76 bits per heavy atom. The summed E-state index contributed by atoms with van der Waals surface area (Å²) in [4.78, 5) is 29.3. The Balaban J connectivity index is 0.000000934. The van der Waals surface area contributed by atoms with Crippen LogP contribution in [0.3, 0.4) is 0 Å². The zero-order valence-corrected chi connectivity index (χ0v) is 26.8. The second kappa shape index (κ2) is 19.3. The Kier molecular flexibility index (Phi) is 15.9. The van der Waals surface area contributed by atoms with E-state index in [1.807, 2.05) is 76.2 Å². The number of nitriles is 1. The van der Waals surface area contributed by atoms with Gasteiger partial charge in [0.2, 0.25) is 12.3 Å². The number of piperazine rings is 1. The second-order valence-electron chi connectivity index (χ2n) is 10.1. The molecular weight excluding hydrogens is 578 g/mol. The molecule has 45 heavy (non-hydrogen) atoms. The minimum absolute atomic E-state index is 0.0622. The quantitative estimate of drug-likeness (QED) is 0.266. The van der Waals surface area contributed by atoms with E-state index >= 15 is 0 Å². The van der Waals surface area contributed by atoms with Gasteiger partial charge in [-0.1, -0.05) is 52.0 Å².